The Morgan fingerprint density at radius 1 is 1.11 bits per heavy atom. The number of amides is 1. The van der Waals surface area contributed by atoms with Crippen molar-refractivity contribution in [1.29, 1.82) is 0 Å². The Kier molecular flexibility index (Phi) is 7.65. The predicted octanol–water partition coefficient (Wildman–Crippen LogP) is 4.94. The first kappa shape index (κ1) is 26.7. The number of nitrogens with zero attached hydrogens (tertiary/aromatic N) is 1. The number of thiophene rings is 1. The molecule has 4 rings (SSSR count). The van der Waals surface area contributed by atoms with Gasteiger partial charge in [0, 0.05) is 29.5 Å². The number of nitrogens with two attached hydrogens (primary N) is 1. The van der Waals surface area contributed by atoms with Gasteiger partial charge >= 0.3 is 0 Å². The van der Waals surface area contributed by atoms with Crippen molar-refractivity contribution in [3.63, 3.8) is 0 Å². The number of ether oxygens (including phenoxy) is 1. The van der Waals surface area contributed by atoms with Gasteiger partial charge < -0.3 is 15.8 Å². The standard InChI is InChI=1S/C27H28FN3O4S2/c1-27(29,17-37(33,34)31(2)15-18-4-11-22(35-3)12-5-18)24-16-36-25-13-10-21(14-23(24)25)30-26(32)19-6-8-20(28)9-7-19/h4-14,16H,15,17,29H2,1-3H3,(H,30,32). The summed E-state index contributed by atoms with van der Waals surface area (Å²) in [7, 11) is -0.608. The lowest BCUT2D eigenvalue weighted by molar-refractivity contribution is 0.102. The van der Waals surface area contributed by atoms with Crippen LogP contribution < -0.4 is 15.8 Å². The lowest BCUT2D eigenvalue weighted by Crippen LogP contribution is -2.44. The summed E-state index contributed by atoms with van der Waals surface area (Å²) in [4.78, 5) is 12.6. The lowest BCUT2D eigenvalue weighted by atomic mass is 9.95. The van der Waals surface area contributed by atoms with Crippen molar-refractivity contribution in [1.82, 2.24) is 4.31 Å². The summed E-state index contributed by atoms with van der Waals surface area (Å²) < 4.78 is 47.0. The van der Waals surface area contributed by atoms with Gasteiger partial charge in [0.2, 0.25) is 10.0 Å². The van der Waals surface area contributed by atoms with E-state index >= 15 is 0 Å². The fourth-order valence-electron chi connectivity index (χ4n) is 4.01. The van der Waals surface area contributed by atoms with E-state index in [4.69, 9.17) is 10.5 Å². The van der Waals surface area contributed by atoms with Gasteiger partial charge in [-0.2, -0.15) is 0 Å². The van der Waals surface area contributed by atoms with Crippen LogP contribution in [-0.2, 0) is 22.1 Å². The SMILES string of the molecule is COc1ccc(CN(C)S(=O)(=O)CC(C)(N)c2csc3ccc(NC(=O)c4ccc(F)cc4)cc23)cc1. The highest BCUT2D eigenvalue weighted by molar-refractivity contribution is 7.89. The molecule has 0 aliphatic heterocycles. The number of nitrogens with one attached hydrogen (secondary N) is 1. The van der Waals surface area contributed by atoms with Crippen LogP contribution in [0.2, 0.25) is 0 Å². The number of sulfonamides is 1. The first-order valence-electron chi connectivity index (χ1n) is 11.4. The van der Waals surface area contributed by atoms with E-state index in [9.17, 15) is 17.6 Å². The molecule has 10 heteroatoms. The molecule has 3 N–H and O–H groups in total. The summed E-state index contributed by atoms with van der Waals surface area (Å²) in [6.45, 7) is 1.89. The Balaban J connectivity index is 1.53. The second kappa shape index (κ2) is 10.6. The minimum Gasteiger partial charge on any atom is -0.497 e. The average Bonchev–Trinajstić information content (AvgIpc) is 3.28. The maximum atomic E-state index is 13.2. The van der Waals surface area contributed by atoms with Gasteiger partial charge in [-0.3, -0.25) is 4.79 Å². The summed E-state index contributed by atoms with van der Waals surface area (Å²) in [5, 5.41) is 5.43. The number of carbonyl (C=O) groups excluding carboxylic acids is 1. The molecular formula is C27H28FN3O4S2. The molecule has 0 saturated carbocycles. The van der Waals surface area contributed by atoms with Gasteiger partial charge in [0.25, 0.3) is 5.91 Å². The highest BCUT2D eigenvalue weighted by Gasteiger charge is 2.33. The van der Waals surface area contributed by atoms with E-state index in [1.165, 1.54) is 47.0 Å². The summed E-state index contributed by atoms with van der Waals surface area (Å²) >= 11 is 1.45. The molecule has 0 fully saturated rings. The molecule has 0 aliphatic carbocycles. The number of hydrogen-bond acceptors (Lipinski definition) is 6. The normalized spacial score (nSPS) is 13.5. The molecule has 1 atom stereocenters. The van der Waals surface area contributed by atoms with Gasteiger partial charge in [-0.15, -0.1) is 11.3 Å². The molecule has 3 aromatic carbocycles. The minimum absolute atomic E-state index is 0.201. The minimum atomic E-state index is -3.71. The van der Waals surface area contributed by atoms with E-state index in [1.807, 2.05) is 23.6 Å². The molecule has 4 aromatic rings. The van der Waals surface area contributed by atoms with Crippen LogP contribution in [-0.4, -0.2) is 38.5 Å². The summed E-state index contributed by atoms with van der Waals surface area (Å²) in [6.07, 6.45) is 0. The van der Waals surface area contributed by atoms with Crippen molar-refractivity contribution in [2.75, 3.05) is 25.2 Å². The smallest absolute Gasteiger partial charge is 0.255 e. The molecule has 0 aliphatic rings. The Labute approximate surface area is 219 Å². The third-order valence-corrected chi connectivity index (χ3v) is 9.08. The molecule has 1 unspecified atom stereocenters. The Bertz CT molecular complexity index is 1520. The monoisotopic (exact) mass is 541 g/mol. The number of carbonyl (C=O) groups is 1. The highest BCUT2D eigenvalue weighted by Crippen LogP contribution is 2.35. The molecule has 1 aromatic heterocycles. The largest absolute Gasteiger partial charge is 0.497 e. The number of methoxy groups -OCH3 is 1. The van der Waals surface area contributed by atoms with Gasteiger partial charge in [-0.05, 0) is 83.4 Å². The molecule has 7 nitrogen and oxygen atoms in total. The number of rotatable bonds is 9. The fraction of sp³-hybridized carbons (Fsp3) is 0.222. The van der Waals surface area contributed by atoms with Crippen molar-refractivity contribution in [3.8, 4) is 5.75 Å². The van der Waals surface area contributed by atoms with E-state index in [-0.39, 0.29) is 18.2 Å². The third kappa shape index (κ3) is 6.16. The van der Waals surface area contributed by atoms with Gasteiger partial charge in [-0.25, -0.2) is 17.1 Å². The van der Waals surface area contributed by atoms with Crippen LogP contribution in [0.3, 0.4) is 0 Å². The maximum absolute atomic E-state index is 13.2. The quantitative estimate of drug-likeness (QED) is 0.313. The first-order chi connectivity index (χ1) is 17.5. The average molecular weight is 542 g/mol. The number of benzene rings is 3. The van der Waals surface area contributed by atoms with Crippen molar-refractivity contribution in [3.05, 3.63) is 94.6 Å². The van der Waals surface area contributed by atoms with Crippen molar-refractivity contribution in [2.24, 2.45) is 5.73 Å². The van der Waals surface area contributed by atoms with E-state index in [0.717, 1.165) is 15.6 Å². The lowest BCUT2D eigenvalue weighted by Gasteiger charge is -2.27. The molecule has 0 bridgehead atoms. The van der Waals surface area contributed by atoms with Gasteiger partial charge in [0.1, 0.15) is 11.6 Å². The van der Waals surface area contributed by atoms with E-state index in [2.05, 4.69) is 5.32 Å². The molecule has 1 amide bonds. The summed E-state index contributed by atoms with van der Waals surface area (Å²) in [5.74, 6) is -0.409. The van der Waals surface area contributed by atoms with Crippen LogP contribution in [0.1, 0.15) is 28.4 Å². The zero-order valence-corrected chi connectivity index (χ0v) is 22.3. The van der Waals surface area contributed by atoms with Crippen molar-refractivity contribution >= 4 is 43.0 Å². The van der Waals surface area contributed by atoms with Crippen LogP contribution in [0.4, 0.5) is 10.1 Å². The number of fused-ring (bicyclic) bond motifs is 1. The Morgan fingerprint density at radius 3 is 2.43 bits per heavy atom. The molecular weight excluding hydrogens is 513 g/mol. The second-order valence-corrected chi connectivity index (χ2v) is 12.1. The Morgan fingerprint density at radius 2 is 1.78 bits per heavy atom. The summed E-state index contributed by atoms with van der Waals surface area (Å²) in [6, 6.07) is 17.9. The number of halogens is 1. The zero-order valence-electron chi connectivity index (χ0n) is 20.7. The Hall–Kier alpha value is -3.31. The second-order valence-electron chi connectivity index (χ2n) is 9.10. The predicted molar refractivity (Wildman–Crippen MR) is 146 cm³/mol. The van der Waals surface area contributed by atoms with Gasteiger partial charge in [0.05, 0.1) is 18.4 Å². The van der Waals surface area contributed by atoms with Crippen LogP contribution in [0.5, 0.6) is 5.75 Å². The van der Waals surface area contributed by atoms with Crippen LogP contribution in [0.25, 0.3) is 10.1 Å². The van der Waals surface area contributed by atoms with Crippen LogP contribution in [0.15, 0.2) is 72.1 Å². The van der Waals surface area contributed by atoms with E-state index in [0.29, 0.717) is 22.6 Å². The molecule has 1 heterocycles. The number of anilines is 1. The topological polar surface area (TPSA) is 102 Å². The fourth-order valence-corrected chi connectivity index (χ4v) is 6.57. The van der Waals surface area contributed by atoms with Crippen molar-refractivity contribution in [2.45, 2.75) is 19.0 Å². The zero-order chi connectivity index (χ0) is 26.8. The number of hydrogen-bond donors (Lipinski definition) is 2. The van der Waals surface area contributed by atoms with Crippen molar-refractivity contribution < 1.29 is 22.3 Å². The van der Waals surface area contributed by atoms with Crippen LogP contribution >= 0.6 is 11.3 Å². The van der Waals surface area contributed by atoms with Gasteiger partial charge in [0.15, 0.2) is 0 Å². The molecule has 0 saturated heterocycles. The molecule has 194 valence electrons. The maximum Gasteiger partial charge on any atom is 0.255 e. The van der Waals surface area contributed by atoms with Gasteiger partial charge in [-0.1, -0.05) is 12.1 Å². The van der Waals surface area contributed by atoms with E-state index in [1.54, 1.807) is 38.3 Å². The molecule has 37 heavy (non-hydrogen) atoms. The summed E-state index contributed by atoms with van der Waals surface area (Å²) in [5.41, 5.74) is 7.78. The molecule has 0 radical (unpaired) electrons. The van der Waals surface area contributed by atoms with Crippen LogP contribution in [0, 0.1) is 5.82 Å². The first-order valence-corrected chi connectivity index (χ1v) is 13.9. The van der Waals surface area contributed by atoms with E-state index < -0.39 is 21.4 Å². The third-order valence-electron chi connectivity index (χ3n) is 6.07. The molecule has 0 spiro atoms. The highest BCUT2D eigenvalue weighted by atomic mass is 32.2.